The standard InChI is InChI=1S/C23H29N5OSSi.C17H15N5S/c1-5-17-14-20-19(24-15-17)10-11-21(25-20)28(16-29-12-13-31(2,3)4)23-27-26-22(30-23)18-8-6-7-9-18;1-2-11-9-14-13(18-10-11)7-8-15(19-14)20-17-22-21-16(23-17)12-5-3-4-6-12/h1,10-11,14-15,18H,6-9,12-13,16H2,2-4H3;1,7-10,12H,3-6H2,(H,19,20,22). The van der Waals surface area contributed by atoms with Crippen molar-refractivity contribution in [2.45, 2.75) is 88.9 Å². The molecule has 0 bridgehead atoms. The molecule has 2 aliphatic carbocycles. The molecule has 2 fully saturated rings. The fourth-order valence-corrected chi connectivity index (χ4v) is 9.22. The van der Waals surface area contributed by atoms with Crippen molar-refractivity contribution >= 4 is 74.7 Å². The van der Waals surface area contributed by atoms with E-state index < -0.39 is 8.07 Å². The van der Waals surface area contributed by atoms with Crippen LogP contribution < -0.4 is 10.2 Å². The lowest BCUT2D eigenvalue weighted by molar-refractivity contribution is 0.153. The molecule has 54 heavy (non-hydrogen) atoms. The van der Waals surface area contributed by atoms with Crippen LogP contribution in [0, 0.1) is 24.7 Å². The van der Waals surface area contributed by atoms with Gasteiger partial charge in [0.1, 0.15) is 28.4 Å². The molecule has 0 aromatic carbocycles. The van der Waals surface area contributed by atoms with Gasteiger partial charge in [-0.2, -0.15) is 0 Å². The van der Waals surface area contributed by atoms with Gasteiger partial charge in [-0.1, -0.05) is 79.8 Å². The van der Waals surface area contributed by atoms with Gasteiger partial charge in [-0.3, -0.25) is 14.9 Å². The Kier molecular flexibility index (Phi) is 11.8. The van der Waals surface area contributed by atoms with Gasteiger partial charge < -0.3 is 10.1 Å². The quantitative estimate of drug-likeness (QED) is 0.0586. The van der Waals surface area contributed by atoms with Crippen LogP contribution in [0.15, 0.2) is 48.8 Å². The van der Waals surface area contributed by atoms with Crippen molar-refractivity contribution in [1.82, 2.24) is 40.3 Å². The summed E-state index contributed by atoms with van der Waals surface area (Å²) in [5.41, 5.74) is 4.60. The Morgan fingerprint density at radius 2 is 1.35 bits per heavy atom. The summed E-state index contributed by atoms with van der Waals surface area (Å²) in [6.45, 7) is 8.19. The molecule has 6 aromatic rings. The van der Waals surface area contributed by atoms with E-state index in [1.54, 1.807) is 35.1 Å². The summed E-state index contributed by atoms with van der Waals surface area (Å²) in [6, 6.07) is 12.6. The molecule has 14 heteroatoms. The van der Waals surface area contributed by atoms with E-state index in [0.29, 0.717) is 18.6 Å². The van der Waals surface area contributed by atoms with Crippen LogP contribution in [0.5, 0.6) is 0 Å². The number of anilines is 4. The van der Waals surface area contributed by atoms with E-state index in [-0.39, 0.29) is 0 Å². The summed E-state index contributed by atoms with van der Waals surface area (Å²) in [5, 5.41) is 24.7. The van der Waals surface area contributed by atoms with Gasteiger partial charge in [0.05, 0.1) is 22.1 Å². The lowest BCUT2D eigenvalue weighted by atomic mass is 10.1. The van der Waals surface area contributed by atoms with Crippen LogP contribution in [0.25, 0.3) is 22.1 Å². The van der Waals surface area contributed by atoms with Crippen LogP contribution >= 0.6 is 22.7 Å². The first-order chi connectivity index (χ1) is 26.2. The highest BCUT2D eigenvalue weighted by atomic mass is 32.1. The molecule has 0 amide bonds. The monoisotopic (exact) mass is 772 g/mol. The highest BCUT2D eigenvalue weighted by molar-refractivity contribution is 7.15. The normalized spacial score (nSPS) is 14.8. The molecule has 2 saturated carbocycles. The Hall–Kier alpha value is -4.86. The molecular weight excluding hydrogens is 729 g/mol. The van der Waals surface area contributed by atoms with Crippen LogP contribution in [-0.2, 0) is 4.74 Å². The average molecular weight is 773 g/mol. The SMILES string of the molecule is C#Cc1cnc2ccc(N(COCC[Si](C)(C)C)c3nnc(C4CCCC4)s3)nc2c1.C#Cc1cnc2ccc(Nc3nnc(C4CCCC4)s3)nc2c1. The number of ether oxygens (including phenoxy) is 1. The lowest BCUT2D eigenvalue weighted by Gasteiger charge is -2.22. The predicted molar refractivity (Wildman–Crippen MR) is 222 cm³/mol. The number of nitrogens with zero attached hydrogens (tertiary/aromatic N) is 9. The van der Waals surface area contributed by atoms with Gasteiger partial charge in [0.2, 0.25) is 10.3 Å². The summed E-state index contributed by atoms with van der Waals surface area (Å²) in [5.74, 6) is 7.82. The molecule has 1 N–H and O–H groups in total. The third-order valence-electron chi connectivity index (χ3n) is 9.63. The largest absolute Gasteiger partial charge is 0.361 e. The number of hydrogen-bond donors (Lipinski definition) is 1. The Bertz CT molecular complexity index is 2290. The number of hydrogen-bond acceptors (Lipinski definition) is 13. The molecule has 8 rings (SSSR count). The van der Waals surface area contributed by atoms with Crippen LogP contribution in [0.4, 0.5) is 21.9 Å². The second kappa shape index (κ2) is 17.1. The van der Waals surface area contributed by atoms with Crippen LogP contribution in [0.3, 0.4) is 0 Å². The first-order valence-electron chi connectivity index (χ1n) is 18.5. The van der Waals surface area contributed by atoms with Crippen LogP contribution in [-0.4, -0.2) is 61.7 Å². The number of rotatable bonds is 11. The predicted octanol–water partition coefficient (Wildman–Crippen LogP) is 9.43. The Morgan fingerprint density at radius 3 is 1.98 bits per heavy atom. The lowest BCUT2D eigenvalue weighted by Crippen LogP contribution is -2.26. The van der Waals surface area contributed by atoms with Crippen molar-refractivity contribution in [1.29, 1.82) is 0 Å². The molecule has 0 aliphatic heterocycles. The minimum Gasteiger partial charge on any atom is -0.361 e. The van der Waals surface area contributed by atoms with E-state index in [4.69, 9.17) is 22.6 Å². The number of fused-ring (bicyclic) bond motifs is 2. The second-order valence-electron chi connectivity index (χ2n) is 14.9. The third-order valence-corrected chi connectivity index (χ3v) is 13.4. The summed E-state index contributed by atoms with van der Waals surface area (Å²) in [7, 11) is -1.16. The number of pyridine rings is 4. The van der Waals surface area contributed by atoms with E-state index >= 15 is 0 Å². The topological polar surface area (TPSA) is 128 Å². The zero-order valence-corrected chi connectivity index (χ0v) is 33.6. The van der Waals surface area contributed by atoms with Gasteiger partial charge >= 0.3 is 0 Å². The zero-order chi connectivity index (χ0) is 37.5. The van der Waals surface area contributed by atoms with Crippen molar-refractivity contribution in [3.05, 3.63) is 69.9 Å². The third kappa shape index (κ3) is 9.43. The highest BCUT2D eigenvalue weighted by Gasteiger charge is 2.25. The molecule has 2 aliphatic rings. The minimum absolute atomic E-state index is 0.393. The first kappa shape index (κ1) is 37.5. The Morgan fingerprint density at radius 1 is 0.759 bits per heavy atom. The fourth-order valence-electron chi connectivity index (χ4n) is 6.54. The molecular formula is C40H44N10OS2Si. The number of terminal acetylenes is 2. The van der Waals surface area contributed by atoms with Crippen molar-refractivity contribution in [2.24, 2.45) is 0 Å². The molecule has 276 valence electrons. The molecule has 0 unspecified atom stereocenters. The summed E-state index contributed by atoms with van der Waals surface area (Å²) >= 11 is 3.27. The zero-order valence-electron chi connectivity index (χ0n) is 31.0. The fraction of sp³-hybridized carbons (Fsp3) is 0.400. The van der Waals surface area contributed by atoms with Crippen molar-refractivity contribution in [2.75, 3.05) is 23.6 Å². The van der Waals surface area contributed by atoms with E-state index in [0.717, 1.165) is 77.8 Å². The number of nitrogens with one attached hydrogen (secondary N) is 1. The van der Waals surface area contributed by atoms with E-state index in [1.165, 1.54) is 51.4 Å². The summed E-state index contributed by atoms with van der Waals surface area (Å²) in [4.78, 5) is 20.1. The first-order valence-corrected chi connectivity index (χ1v) is 23.8. The van der Waals surface area contributed by atoms with E-state index in [2.05, 4.69) is 72.1 Å². The van der Waals surface area contributed by atoms with Crippen LogP contribution in [0.1, 0.15) is 84.3 Å². The van der Waals surface area contributed by atoms with Crippen molar-refractivity contribution in [3.8, 4) is 24.7 Å². The maximum Gasteiger partial charge on any atom is 0.215 e. The smallest absolute Gasteiger partial charge is 0.215 e. The van der Waals surface area contributed by atoms with Gasteiger partial charge in [-0.15, -0.1) is 33.2 Å². The summed E-state index contributed by atoms with van der Waals surface area (Å²) < 4.78 is 6.08. The molecule has 6 heterocycles. The maximum atomic E-state index is 6.08. The highest BCUT2D eigenvalue weighted by Crippen LogP contribution is 2.39. The molecule has 0 atom stereocenters. The van der Waals surface area contributed by atoms with Gasteiger partial charge in [0.15, 0.2) is 0 Å². The molecule has 6 aromatic heterocycles. The Balaban J connectivity index is 0.000000174. The van der Waals surface area contributed by atoms with Gasteiger partial charge in [-0.25, -0.2) is 9.97 Å². The molecule has 11 nitrogen and oxygen atoms in total. The molecule has 0 saturated heterocycles. The number of aromatic nitrogens is 8. The average Bonchev–Trinajstić information content (AvgIpc) is 4.02. The minimum atomic E-state index is -1.16. The van der Waals surface area contributed by atoms with Crippen molar-refractivity contribution < 1.29 is 4.74 Å². The summed E-state index contributed by atoms with van der Waals surface area (Å²) in [6.07, 6.45) is 24.3. The van der Waals surface area contributed by atoms with Crippen LogP contribution in [0.2, 0.25) is 25.7 Å². The second-order valence-corrected chi connectivity index (χ2v) is 22.5. The van der Waals surface area contributed by atoms with Gasteiger partial charge in [0, 0.05) is 50.0 Å². The van der Waals surface area contributed by atoms with Gasteiger partial charge in [0.25, 0.3) is 0 Å². The van der Waals surface area contributed by atoms with Gasteiger partial charge in [-0.05, 0) is 68.1 Å². The van der Waals surface area contributed by atoms with E-state index in [1.807, 2.05) is 41.3 Å². The molecule has 0 radical (unpaired) electrons. The van der Waals surface area contributed by atoms with E-state index in [9.17, 15) is 0 Å². The Labute approximate surface area is 325 Å². The molecule has 0 spiro atoms. The maximum absolute atomic E-state index is 6.08. The van der Waals surface area contributed by atoms with Crippen molar-refractivity contribution in [3.63, 3.8) is 0 Å².